The summed E-state index contributed by atoms with van der Waals surface area (Å²) < 4.78 is 0. The van der Waals surface area contributed by atoms with Crippen molar-refractivity contribution >= 4 is 5.82 Å². The van der Waals surface area contributed by atoms with E-state index in [1.807, 2.05) is 18.2 Å². The maximum atomic E-state index is 5.61. The highest BCUT2D eigenvalue weighted by atomic mass is 15.2. The van der Waals surface area contributed by atoms with E-state index in [4.69, 9.17) is 5.73 Å². The third-order valence-electron chi connectivity index (χ3n) is 3.06. The van der Waals surface area contributed by atoms with E-state index in [1.54, 1.807) is 0 Å². The van der Waals surface area contributed by atoms with Crippen molar-refractivity contribution in [2.45, 2.75) is 20.0 Å². The average molecular weight is 241 g/mol. The summed E-state index contributed by atoms with van der Waals surface area (Å²) in [4.78, 5) is 6.66. The lowest BCUT2D eigenvalue weighted by Crippen LogP contribution is -2.19. The van der Waals surface area contributed by atoms with Crippen LogP contribution in [0.25, 0.3) is 0 Å². The van der Waals surface area contributed by atoms with Crippen molar-refractivity contribution in [1.29, 1.82) is 0 Å². The molecule has 1 aromatic carbocycles. The van der Waals surface area contributed by atoms with Gasteiger partial charge in [0.2, 0.25) is 0 Å². The van der Waals surface area contributed by atoms with Gasteiger partial charge in [-0.05, 0) is 30.2 Å². The molecule has 0 saturated heterocycles. The Bertz CT molecular complexity index is 523. The van der Waals surface area contributed by atoms with Crippen molar-refractivity contribution in [2.75, 3.05) is 11.9 Å². The Hall–Kier alpha value is -1.87. The molecule has 18 heavy (non-hydrogen) atoms. The Morgan fingerprint density at radius 1 is 1.11 bits per heavy atom. The molecule has 0 spiro atoms. The van der Waals surface area contributed by atoms with Gasteiger partial charge in [-0.15, -0.1) is 0 Å². The Kier molecular flexibility index (Phi) is 3.95. The van der Waals surface area contributed by atoms with Gasteiger partial charge in [0.25, 0.3) is 0 Å². The van der Waals surface area contributed by atoms with Gasteiger partial charge in [-0.1, -0.05) is 30.3 Å². The van der Waals surface area contributed by atoms with Gasteiger partial charge in [0.15, 0.2) is 0 Å². The predicted octanol–water partition coefficient (Wildman–Crippen LogP) is 2.49. The maximum Gasteiger partial charge on any atom is 0.128 e. The van der Waals surface area contributed by atoms with Gasteiger partial charge in [0, 0.05) is 20.1 Å². The quantitative estimate of drug-likeness (QED) is 0.894. The van der Waals surface area contributed by atoms with Crippen molar-refractivity contribution in [3.63, 3.8) is 0 Å². The highest BCUT2D eigenvalue weighted by Crippen LogP contribution is 2.15. The zero-order valence-electron chi connectivity index (χ0n) is 10.9. The van der Waals surface area contributed by atoms with E-state index >= 15 is 0 Å². The molecule has 0 unspecified atom stereocenters. The Balaban J connectivity index is 2.16. The lowest BCUT2D eigenvalue weighted by Gasteiger charge is -2.19. The number of benzene rings is 1. The number of nitrogens with zero attached hydrogens (tertiary/aromatic N) is 2. The molecule has 1 heterocycles. The summed E-state index contributed by atoms with van der Waals surface area (Å²) in [7, 11) is 2.05. The van der Waals surface area contributed by atoms with E-state index in [2.05, 4.69) is 48.1 Å². The Morgan fingerprint density at radius 2 is 1.89 bits per heavy atom. The van der Waals surface area contributed by atoms with Gasteiger partial charge >= 0.3 is 0 Å². The van der Waals surface area contributed by atoms with Crippen molar-refractivity contribution in [1.82, 2.24) is 4.98 Å². The van der Waals surface area contributed by atoms with Crippen molar-refractivity contribution < 1.29 is 0 Å². The molecule has 3 nitrogen and oxygen atoms in total. The molecule has 0 amide bonds. The molecule has 0 radical (unpaired) electrons. The molecule has 2 rings (SSSR count). The van der Waals surface area contributed by atoms with Crippen LogP contribution in [0.3, 0.4) is 0 Å². The van der Waals surface area contributed by atoms with Crippen LogP contribution < -0.4 is 10.6 Å². The first-order valence-electron chi connectivity index (χ1n) is 6.12. The number of rotatable bonds is 4. The third-order valence-corrected chi connectivity index (χ3v) is 3.06. The van der Waals surface area contributed by atoms with Crippen LogP contribution in [0.2, 0.25) is 0 Å². The summed E-state index contributed by atoms with van der Waals surface area (Å²) in [5.74, 6) is 0.959. The van der Waals surface area contributed by atoms with E-state index < -0.39 is 0 Å². The van der Waals surface area contributed by atoms with E-state index in [-0.39, 0.29) is 0 Å². The maximum absolute atomic E-state index is 5.61. The van der Waals surface area contributed by atoms with Crippen LogP contribution in [0.15, 0.2) is 42.5 Å². The van der Waals surface area contributed by atoms with Gasteiger partial charge in [0.05, 0.1) is 5.69 Å². The molecule has 0 saturated carbocycles. The minimum Gasteiger partial charge on any atom is -0.355 e. The van der Waals surface area contributed by atoms with E-state index in [0.717, 1.165) is 18.1 Å². The first-order chi connectivity index (χ1) is 8.70. The predicted molar refractivity (Wildman–Crippen MR) is 75.4 cm³/mol. The number of hydrogen-bond donors (Lipinski definition) is 1. The van der Waals surface area contributed by atoms with Crippen LogP contribution in [0, 0.1) is 6.92 Å². The molecule has 0 aliphatic rings. The summed E-state index contributed by atoms with van der Waals surface area (Å²) in [5.41, 5.74) is 9.16. The second-order valence-corrected chi connectivity index (χ2v) is 4.47. The lowest BCUT2D eigenvalue weighted by atomic mass is 10.1. The SMILES string of the molecule is Cc1ccccc1CN(C)c1cccc(CN)n1. The molecule has 2 N–H and O–H groups in total. The molecule has 0 bridgehead atoms. The van der Waals surface area contributed by atoms with Gasteiger partial charge in [0.1, 0.15) is 5.82 Å². The number of hydrogen-bond acceptors (Lipinski definition) is 3. The second-order valence-electron chi connectivity index (χ2n) is 4.47. The van der Waals surface area contributed by atoms with Crippen LogP contribution in [-0.2, 0) is 13.1 Å². The summed E-state index contributed by atoms with van der Waals surface area (Å²) in [6, 6.07) is 14.4. The molecule has 0 fully saturated rings. The number of aromatic nitrogens is 1. The molecular weight excluding hydrogens is 222 g/mol. The minimum absolute atomic E-state index is 0.478. The number of anilines is 1. The van der Waals surface area contributed by atoms with Crippen LogP contribution in [0.1, 0.15) is 16.8 Å². The topological polar surface area (TPSA) is 42.1 Å². The number of nitrogens with two attached hydrogens (primary N) is 1. The lowest BCUT2D eigenvalue weighted by molar-refractivity contribution is 0.873. The molecule has 1 aromatic heterocycles. The number of aryl methyl sites for hydroxylation is 1. The zero-order valence-corrected chi connectivity index (χ0v) is 10.9. The van der Waals surface area contributed by atoms with Gasteiger partial charge in [-0.2, -0.15) is 0 Å². The normalized spacial score (nSPS) is 10.4. The molecule has 0 atom stereocenters. The van der Waals surface area contributed by atoms with Gasteiger partial charge in [-0.3, -0.25) is 0 Å². The van der Waals surface area contributed by atoms with E-state index in [9.17, 15) is 0 Å². The average Bonchev–Trinajstić information content (AvgIpc) is 2.41. The summed E-state index contributed by atoms with van der Waals surface area (Å²) in [6.45, 7) is 3.46. The van der Waals surface area contributed by atoms with E-state index in [0.29, 0.717) is 6.54 Å². The van der Waals surface area contributed by atoms with Crippen molar-refractivity contribution in [3.05, 3.63) is 59.3 Å². The van der Waals surface area contributed by atoms with Gasteiger partial charge in [-0.25, -0.2) is 4.98 Å². The first kappa shape index (κ1) is 12.6. The molecule has 0 aliphatic heterocycles. The minimum atomic E-state index is 0.478. The fourth-order valence-electron chi connectivity index (χ4n) is 1.92. The molecule has 2 aromatic rings. The van der Waals surface area contributed by atoms with Crippen LogP contribution in [0.4, 0.5) is 5.82 Å². The smallest absolute Gasteiger partial charge is 0.128 e. The molecule has 94 valence electrons. The monoisotopic (exact) mass is 241 g/mol. The second kappa shape index (κ2) is 5.65. The third kappa shape index (κ3) is 2.87. The Morgan fingerprint density at radius 3 is 2.61 bits per heavy atom. The van der Waals surface area contributed by atoms with Gasteiger partial charge < -0.3 is 10.6 Å². The number of pyridine rings is 1. The largest absolute Gasteiger partial charge is 0.355 e. The van der Waals surface area contributed by atoms with Crippen molar-refractivity contribution in [2.24, 2.45) is 5.73 Å². The fraction of sp³-hybridized carbons (Fsp3) is 0.267. The standard InChI is InChI=1S/C15H19N3/c1-12-6-3-4-7-13(12)11-18(2)15-9-5-8-14(10-16)17-15/h3-9H,10-11,16H2,1-2H3. The molecule has 0 aliphatic carbocycles. The fourth-order valence-corrected chi connectivity index (χ4v) is 1.92. The highest BCUT2D eigenvalue weighted by Gasteiger charge is 2.05. The first-order valence-corrected chi connectivity index (χ1v) is 6.12. The van der Waals surface area contributed by atoms with E-state index in [1.165, 1.54) is 11.1 Å². The highest BCUT2D eigenvalue weighted by molar-refractivity contribution is 5.40. The summed E-state index contributed by atoms with van der Waals surface area (Å²) in [5, 5.41) is 0. The molecule has 3 heteroatoms. The van der Waals surface area contributed by atoms with Crippen LogP contribution >= 0.6 is 0 Å². The summed E-state index contributed by atoms with van der Waals surface area (Å²) >= 11 is 0. The summed E-state index contributed by atoms with van der Waals surface area (Å²) in [6.07, 6.45) is 0. The van der Waals surface area contributed by atoms with Crippen molar-refractivity contribution in [3.8, 4) is 0 Å². The van der Waals surface area contributed by atoms with Crippen LogP contribution in [-0.4, -0.2) is 12.0 Å². The molecular formula is C15H19N3. The van der Waals surface area contributed by atoms with Crippen LogP contribution in [0.5, 0.6) is 0 Å². The Labute approximate surface area is 108 Å². The zero-order chi connectivity index (χ0) is 13.0.